The quantitative estimate of drug-likeness (QED) is 0.877. The number of hydrogen-bond acceptors (Lipinski definition) is 4. The van der Waals surface area contributed by atoms with Gasteiger partial charge in [0, 0.05) is 24.5 Å². The zero-order chi connectivity index (χ0) is 15.6. The molecule has 0 aliphatic rings. The zero-order valence-electron chi connectivity index (χ0n) is 13.2. The summed E-state index contributed by atoms with van der Waals surface area (Å²) in [6, 6.07) is 1.64. The molecule has 1 N–H and O–H groups in total. The molecule has 1 aromatic rings. The molecule has 1 rings (SSSR count). The van der Waals surface area contributed by atoms with Crippen molar-refractivity contribution in [2.75, 3.05) is 13.6 Å². The van der Waals surface area contributed by atoms with Gasteiger partial charge < -0.3 is 5.32 Å². The fourth-order valence-corrected chi connectivity index (χ4v) is 4.76. The van der Waals surface area contributed by atoms with E-state index in [0.717, 1.165) is 11.4 Å². The van der Waals surface area contributed by atoms with Gasteiger partial charge in [-0.15, -0.1) is 11.3 Å². The summed E-state index contributed by atoms with van der Waals surface area (Å²) in [4.78, 5) is 1.31. The summed E-state index contributed by atoms with van der Waals surface area (Å²) in [5.74, 6) is 0. The van der Waals surface area contributed by atoms with E-state index in [2.05, 4.69) is 26.1 Å². The third-order valence-electron chi connectivity index (χ3n) is 3.70. The Morgan fingerprint density at radius 1 is 1.40 bits per heavy atom. The summed E-state index contributed by atoms with van der Waals surface area (Å²) in [5, 5.41) is 5.03. The Kier molecular flexibility index (Phi) is 5.78. The molecule has 4 nitrogen and oxygen atoms in total. The van der Waals surface area contributed by atoms with Crippen LogP contribution in [0, 0.1) is 5.41 Å². The summed E-state index contributed by atoms with van der Waals surface area (Å²) in [5.41, 5.74) is -0.0975. The largest absolute Gasteiger partial charge is 0.312 e. The van der Waals surface area contributed by atoms with E-state index >= 15 is 0 Å². The van der Waals surface area contributed by atoms with E-state index in [1.807, 2.05) is 19.2 Å². The third kappa shape index (κ3) is 3.81. The van der Waals surface area contributed by atoms with E-state index in [1.165, 1.54) is 15.6 Å². The molecule has 1 unspecified atom stereocenters. The van der Waals surface area contributed by atoms with Crippen LogP contribution >= 0.6 is 11.3 Å². The monoisotopic (exact) mass is 318 g/mol. The molecule has 0 saturated carbocycles. The van der Waals surface area contributed by atoms with Gasteiger partial charge in [-0.1, -0.05) is 27.7 Å². The van der Waals surface area contributed by atoms with Crippen molar-refractivity contribution >= 4 is 21.4 Å². The van der Waals surface area contributed by atoms with E-state index in [9.17, 15) is 8.42 Å². The molecule has 1 heterocycles. The molecule has 0 bridgehead atoms. The van der Waals surface area contributed by atoms with Crippen LogP contribution in [0.3, 0.4) is 0 Å². The zero-order valence-corrected chi connectivity index (χ0v) is 14.9. The molecule has 116 valence electrons. The van der Waals surface area contributed by atoms with Gasteiger partial charge in [-0.25, -0.2) is 8.42 Å². The summed E-state index contributed by atoms with van der Waals surface area (Å²) >= 11 is 1.48. The number of nitrogens with one attached hydrogen (secondary N) is 1. The Balaban J connectivity index is 3.08. The van der Waals surface area contributed by atoms with Gasteiger partial charge >= 0.3 is 0 Å². The molecule has 0 aromatic carbocycles. The van der Waals surface area contributed by atoms with Crippen LogP contribution in [0.4, 0.5) is 0 Å². The van der Waals surface area contributed by atoms with Gasteiger partial charge in [0.05, 0.1) is 4.90 Å². The average molecular weight is 319 g/mol. The Labute approximate surface area is 127 Å². The van der Waals surface area contributed by atoms with Gasteiger partial charge in [-0.2, -0.15) is 4.31 Å². The second-order valence-electron chi connectivity index (χ2n) is 6.05. The highest BCUT2D eigenvalue weighted by Gasteiger charge is 2.33. The van der Waals surface area contributed by atoms with Crippen molar-refractivity contribution in [3.63, 3.8) is 0 Å². The van der Waals surface area contributed by atoms with Crippen molar-refractivity contribution in [2.45, 2.75) is 52.1 Å². The van der Waals surface area contributed by atoms with E-state index in [-0.39, 0.29) is 11.5 Å². The maximum absolute atomic E-state index is 12.8. The normalized spacial score (nSPS) is 14.8. The lowest BCUT2D eigenvalue weighted by Crippen LogP contribution is -2.43. The standard InChI is InChI=1S/C14H26N2O2S2/c1-7-15-10-12-13(8-9-19-12)20(17,18)16(6)11(2)14(3,4)5/h8-9,11,15H,7,10H2,1-6H3. The first kappa shape index (κ1) is 17.6. The molecule has 1 atom stereocenters. The predicted molar refractivity (Wildman–Crippen MR) is 85.6 cm³/mol. The Morgan fingerprint density at radius 2 is 2.00 bits per heavy atom. The van der Waals surface area contributed by atoms with E-state index < -0.39 is 10.0 Å². The van der Waals surface area contributed by atoms with Gasteiger partial charge in [0.2, 0.25) is 10.0 Å². The molecule has 0 spiro atoms. The van der Waals surface area contributed by atoms with Crippen molar-refractivity contribution in [3.8, 4) is 0 Å². The third-order valence-corrected chi connectivity index (χ3v) is 6.76. The van der Waals surface area contributed by atoms with Crippen LogP contribution in [0.15, 0.2) is 16.3 Å². The number of nitrogens with zero attached hydrogens (tertiary/aromatic N) is 1. The molecule has 20 heavy (non-hydrogen) atoms. The number of hydrogen-bond donors (Lipinski definition) is 1. The van der Waals surface area contributed by atoms with Crippen molar-refractivity contribution in [2.24, 2.45) is 5.41 Å². The fourth-order valence-electron chi connectivity index (χ4n) is 1.83. The van der Waals surface area contributed by atoms with Gasteiger partial charge in [-0.3, -0.25) is 0 Å². The highest BCUT2D eigenvalue weighted by molar-refractivity contribution is 7.89. The van der Waals surface area contributed by atoms with Crippen LogP contribution in [-0.4, -0.2) is 32.4 Å². The fraction of sp³-hybridized carbons (Fsp3) is 0.714. The van der Waals surface area contributed by atoms with Gasteiger partial charge in [-0.05, 0) is 30.3 Å². The Morgan fingerprint density at radius 3 is 2.50 bits per heavy atom. The molecule has 0 amide bonds. The SMILES string of the molecule is CCNCc1sccc1S(=O)(=O)N(C)C(C)C(C)(C)C. The molecular formula is C14H26N2O2S2. The lowest BCUT2D eigenvalue weighted by atomic mass is 9.88. The molecule has 0 fully saturated rings. The van der Waals surface area contributed by atoms with E-state index in [1.54, 1.807) is 13.1 Å². The molecule has 6 heteroatoms. The van der Waals surface area contributed by atoms with E-state index in [4.69, 9.17) is 0 Å². The second kappa shape index (κ2) is 6.56. The average Bonchev–Trinajstić information content (AvgIpc) is 2.82. The van der Waals surface area contributed by atoms with Crippen LogP contribution in [0.5, 0.6) is 0 Å². The molecule has 0 aliphatic heterocycles. The molecule has 0 radical (unpaired) electrons. The number of thiophene rings is 1. The van der Waals surface area contributed by atoms with Crippen molar-refractivity contribution < 1.29 is 8.42 Å². The topological polar surface area (TPSA) is 49.4 Å². The van der Waals surface area contributed by atoms with Crippen molar-refractivity contribution in [1.29, 1.82) is 0 Å². The van der Waals surface area contributed by atoms with Gasteiger partial charge in [0.1, 0.15) is 0 Å². The summed E-state index contributed by atoms with van der Waals surface area (Å²) in [6.07, 6.45) is 0. The first-order valence-corrected chi connectivity index (χ1v) is 9.19. The van der Waals surface area contributed by atoms with Crippen LogP contribution in [0.25, 0.3) is 0 Å². The predicted octanol–water partition coefficient (Wildman–Crippen LogP) is 2.91. The van der Waals surface area contributed by atoms with Crippen LogP contribution in [0.1, 0.15) is 39.5 Å². The molecule has 1 aromatic heterocycles. The molecule has 0 aliphatic carbocycles. The number of rotatable bonds is 6. The Hall–Kier alpha value is -0.430. The summed E-state index contributed by atoms with van der Waals surface area (Å²) in [7, 11) is -1.77. The summed E-state index contributed by atoms with van der Waals surface area (Å²) < 4.78 is 27.0. The van der Waals surface area contributed by atoms with Gasteiger partial charge in [0.15, 0.2) is 0 Å². The second-order valence-corrected chi connectivity index (χ2v) is 9.02. The lowest BCUT2D eigenvalue weighted by molar-refractivity contribution is 0.216. The van der Waals surface area contributed by atoms with Crippen LogP contribution < -0.4 is 5.32 Å². The molecule has 0 saturated heterocycles. The maximum Gasteiger partial charge on any atom is 0.244 e. The van der Waals surface area contributed by atoms with Crippen LogP contribution in [-0.2, 0) is 16.6 Å². The first-order chi connectivity index (χ1) is 9.12. The minimum absolute atomic E-state index is 0.0700. The van der Waals surface area contributed by atoms with Crippen LogP contribution in [0.2, 0.25) is 0 Å². The molecular weight excluding hydrogens is 292 g/mol. The highest BCUT2D eigenvalue weighted by Crippen LogP contribution is 2.30. The minimum Gasteiger partial charge on any atom is -0.312 e. The van der Waals surface area contributed by atoms with Crippen molar-refractivity contribution in [1.82, 2.24) is 9.62 Å². The lowest BCUT2D eigenvalue weighted by Gasteiger charge is -2.34. The minimum atomic E-state index is -3.44. The number of sulfonamides is 1. The van der Waals surface area contributed by atoms with Gasteiger partial charge in [0.25, 0.3) is 0 Å². The summed E-state index contributed by atoms with van der Waals surface area (Å²) in [6.45, 7) is 11.5. The maximum atomic E-state index is 12.8. The van der Waals surface area contributed by atoms with Crippen molar-refractivity contribution in [3.05, 3.63) is 16.3 Å². The Bertz CT molecular complexity index is 530. The van der Waals surface area contributed by atoms with E-state index in [0.29, 0.717) is 11.4 Å². The highest BCUT2D eigenvalue weighted by atomic mass is 32.2. The first-order valence-electron chi connectivity index (χ1n) is 6.87. The smallest absolute Gasteiger partial charge is 0.244 e.